The Morgan fingerprint density at radius 1 is 1.29 bits per heavy atom. The highest BCUT2D eigenvalue weighted by atomic mass is 16.5. The summed E-state index contributed by atoms with van der Waals surface area (Å²) in [6.45, 7) is 1.68. The number of nitrogen functional groups attached to an aromatic ring is 1. The summed E-state index contributed by atoms with van der Waals surface area (Å²) in [6, 6.07) is 9.43. The normalized spacial score (nSPS) is 10.8. The third-order valence-corrected chi connectivity index (χ3v) is 3.15. The second kappa shape index (κ2) is 4.90. The van der Waals surface area contributed by atoms with Crippen LogP contribution in [0.3, 0.4) is 0 Å². The number of hydrogen-bond donors (Lipinski definition) is 1. The molecule has 0 aliphatic rings. The highest BCUT2D eigenvalue weighted by Gasteiger charge is 2.19. The van der Waals surface area contributed by atoms with Crippen LogP contribution in [0.15, 0.2) is 34.7 Å². The molecule has 6 heteroatoms. The number of hydrogen-bond acceptors (Lipinski definition) is 6. The first-order chi connectivity index (χ1) is 10.1. The van der Waals surface area contributed by atoms with Gasteiger partial charge >= 0.3 is 5.97 Å². The van der Waals surface area contributed by atoms with E-state index in [0.29, 0.717) is 17.3 Å². The largest absolute Gasteiger partial charge is 0.465 e. The molecule has 0 spiro atoms. The smallest absolute Gasteiger partial charge is 0.343 e. The Bertz CT molecular complexity index is 783. The lowest BCUT2D eigenvalue weighted by Crippen LogP contribution is -2.12. The van der Waals surface area contributed by atoms with Gasteiger partial charge in [0.1, 0.15) is 17.0 Å². The molecule has 0 unspecified atom stereocenters. The third-order valence-electron chi connectivity index (χ3n) is 3.15. The van der Waals surface area contributed by atoms with Crippen LogP contribution in [0.5, 0.6) is 0 Å². The number of methoxy groups -OCH3 is 1. The van der Waals surface area contributed by atoms with Crippen molar-refractivity contribution in [2.24, 2.45) is 0 Å². The number of rotatable bonds is 2. The second-order valence-electron chi connectivity index (χ2n) is 4.53. The van der Waals surface area contributed by atoms with Crippen molar-refractivity contribution in [1.29, 1.82) is 0 Å². The molecule has 1 aromatic carbocycles. The van der Waals surface area contributed by atoms with Gasteiger partial charge in [0.15, 0.2) is 11.6 Å². The molecule has 21 heavy (non-hydrogen) atoms. The standard InChI is InChI=1S/C15H13N3O3/c1-8-12(15(19)20-2)13(16)18-14(17-8)11-7-9-5-3-4-6-10(9)21-11/h3-7H,1-2H3,(H2,16,17,18). The zero-order valence-electron chi connectivity index (χ0n) is 11.6. The molecule has 0 bridgehead atoms. The molecule has 106 valence electrons. The number of nitrogens with two attached hydrogens (primary N) is 1. The predicted molar refractivity (Wildman–Crippen MR) is 77.7 cm³/mol. The number of aromatic nitrogens is 2. The molecule has 0 atom stereocenters. The maximum atomic E-state index is 11.6. The number of nitrogens with zero attached hydrogens (tertiary/aromatic N) is 2. The minimum atomic E-state index is -0.554. The number of esters is 1. The predicted octanol–water partition coefficient (Wildman–Crippen LogP) is 2.57. The van der Waals surface area contributed by atoms with Crippen LogP contribution in [0.25, 0.3) is 22.6 Å². The molecule has 0 aliphatic heterocycles. The Labute approximate surface area is 120 Å². The third kappa shape index (κ3) is 2.20. The lowest BCUT2D eigenvalue weighted by atomic mass is 10.2. The maximum Gasteiger partial charge on any atom is 0.343 e. The Kier molecular flexibility index (Phi) is 3.06. The van der Waals surface area contributed by atoms with Crippen LogP contribution < -0.4 is 5.73 Å². The van der Waals surface area contributed by atoms with Gasteiger partial charge < -0.3 is 14.9 Å². The van der Waals surface area contributed by atoms with Gasteiger partial charge in [-0.1, -0.05) is 18.2 Å². The molecule has 2 heterocycles. The lowest BCUT2D eigenvalue weighted by molar-refractivity contribution is 0.0600. The minimum absolute atomic E-state index is 0.0739. The summed E-state index contributed by atoms with van der Waals surface area (Å²) in [6.07, 6.45) is 0. The fourth-order valence-corrected chi connectivity index (χ4v) is 2.15. The number of carbonyl (C=O) groups is 1. The molecule has 3 aromatic rings. The Hall–Kier alpha value is -2.89. The highest BCUT2D eigenvalue weighted by molar-refractivity contribution is 5.95. The van der Waals surface area contributed by atoms with Gasteiger partial charge in [-0.15, -0.1) is 0 Å². The Balaban J connectivity index is 2.13. The van der Waals surface area contributed by atoms with Crippen molar-refractivity contribution in [2.45, 2.75) is 6.92 Å². The molecular formula is C15H13N3O3. The lowest BCUT2D eigenvalue weighted by Gasteiger charge is -2.07. The van der Waals surface area contributed by atoms with Crippen LogP contribution in [-0.4, -0.2) is 23.0 Å². The van der Waals surface area contributed by atoms with Crippen molar-refractivity contribution in [3.05, 3.63) is 41.6 Å². The van der Waals surface area contributed by atoms with Gasteiger partial charge in [-0.3, -0.25) is 0 Å². The SMILES string of the molecule is COC(=O)c1c(C)nc(-c2cc3ccccc3o2)nc1N. The number of carbonyl (C=O) groups excluding carboxylic acids is 1. The van der Waals surface area contributed by atoms with Gasteiger partial charge in [0.2, 0.25) is 0 Å². The number of aryl methyl sites for hydroxylation is 1. The molecule has 2 N–H and O–H groups in total. The molecule has 3 rings (SSSR count). The summed E-state index contributed by atoms with van der Waals surface area (Å²) < 4.78 is 10.4. The Morgan fingerprint density at radius 3 is 2.71 bits per heavy atom. The zero-order chi connectivity index (χ0) is 15.0. The van der Waals surface area contributed by atoms with Crippen LogP contribution in [0, 0.1) is 6.92 Å². The van der Waals surface area contributed by atoms with Crippen molar-refractivity contribution in [3.63, 3.8) is 0 Å². The first-order valence-electron chi connectivity index (χ1n) is 6.31. The summed E-state index contributed by atoms with van der Waals surface area (Å²) in [5.74, 6) is 0.363. The Morgan fingerprint density at radius 2 is 2.05 bits per heavy atom. The number of fused-ring (bicyclic) bond motifs is 1. The molecular weight excluding hydrogens is 270 g/mol. The first kappa shape index (κ1) is 13.1. The fraction of sp³-hybridized carbons (Fsp3) is 0.133. The van der Waals surface area contributed by atoms with E-state index in [-0.39, 0.29) is 11.4 Å². The van der Waals surface area contributed by atoms with E-state index in [9.17, 15) is 4.79 Å². The summed E-state index contributed by atoms with van der Waals surface area (Å²) in [5.41, 5.74) is 7.20. The molecule has 0 saturated heterocycles. The van der Waals surface area contributed by atoms with Gasteiger partial charge in [-0.2, -0.15) is 0 Å². The quantitative estimate of drug-likeness (QED) is 0.727. The van der Waals surface area contributed by atoms with Gasteiger partial charge in [0.05, 0.1) is 12.8 Å². The average Bonchev–Trinajstić information content (AvgIpc) is 2.90. The van der Waals surface area contributed by atoms with Crippen molar-refractivity contribution in [3.8, 4) is 11.6 Å². The van der Waals surface area contributed by atoms with E-state index in [1.807, 2.05) is 30.3 Å². The highest BCUT2D eigenvalue weighted by Crippen LogP contribution is 2.27. The topological polar surface area (TPSA) is 91.2 Å². The average molecular weight is 283 g/mol. The minimum Gasteiger partial charge on any atom is -0.465 e. The second-order valence-corrected chi connectivity index (χ2v) is 4.53. The van der Waals surface area contributed by atoms with Crippen molar-refractivity contribution >= 4 is 22.8 Å². The van der Waals surface area contributed by atoms with Gasteiger partial charge in [-0.25, -0.2) is 14.8 Å². The number of benzene rings is 1. The molecule has 0 amide bonds. The van der Waals surface area contributed by atoms with Crippen molar-refractivity contribution in [2.75, 3.05) is 12.8 Å². The zero-order valence-corrected chi connectivity index (χ0v) is 11.6. The number of furan rings is 1. The van der Waals surface area contributed by atoms with Gasteiger partial charge in [0.25, 0.3) is 0 Å². The maximum absolute atomic E-state index is 11.6. The van der Waals surface area contributed by atoms with Crippen molar-refractivity contribution < 1.29 is 13.9 Å². The van der Waals surface area contributed by atoms with Gasteiger partial charge in [0, 0.05) is 5.39 Å². The number of ether oxygens (including phenoxy) is 1. The monoisotopic (exact) mass is 283 g/mol. The van der Waals surface area contributed by atoms with Crippen LogP contribution in [0.2, 0.25) is 0 Å². The van der Waals surface area contributed by atoms with E-state index in [1.54, 1.807) is 6.92 Å². The van der Waals surface area contributed by atoms with E-state index >= 15 is 0 Å². The van der Waals surface area contributed by atoms with Crippen LogP contribution in [0.4, 0.5) is 5.82 Å². The van der Waals surface area contributed by atoms with E-state index in [0.717, 1.165) is 11.0 Å². The molecule has 0 saturated carbocycles. The van der Waals surface area contributed by atoms with E-state index in [1.165, 1.54) is 7.11 Å². The molecule has 0 fully saturated rings. The van der Waals surface area contributed by atoms with E-state index in [4.69, 9.17) is 10.2 Å². The van der Waals surface area contributed by atoms with E-state index in [2.05, 4.69) is 14.7 Å². The fourth-order valence-electron chi connectivity index (χ4n) is 2.15. The summed E-state index contributed by atoms with van der Waals surface area (Å²) >= 11 is 0. The molecule has 0 aliphatic carbocycles. The summed E-state index contributed by atoms with van der Waals surface area (Å²) in [7, 11) is 1.29. The van der Waals surface area contributed by atoms with Gasteiger partial charge in [-0.05, 0) is 19.1 Å². The molecule has 0 radical (unpaired) electrons. The molecule has 6 nitrogen and oxygen atoms in total. The summed E-state index contributed by atoms with van der Waals surface area (Å²) in [5, 5.41) is 0.948. The number of anilines is 1. The van der Waals surface area contributed by atoms with Crippen LogP contribution >= 0.6 is 0 Å². The van der Waals surface area contributed by atoms with E-state index < -0.39 is 5.97 Å². The van der Waals surface area contributed by atoms with Crippen LogP contribution in [0.1, 0.15) is 16.1 Å². The summed E-state index contributed by atoms with van der Waals surface area (Å²) in [4.78, 5) is 20.1. The van der Waals surface area contributed by atoms with Crippen LogP contribution in [-0.2, 0) is 4.74 Å². The molecule has 2 aromatic heterocycles. The number of para-hydroxylation sites is 1. The first-order valence-corrected chi connectivity index (χ1v) is 6.31. The van der Waals surface area contributed by atoms with Crippen molar-refractivity contribution in [1.82, 2.24) is 9.97 Å².